The van der Waals surface area contributed by atoms with Gasteiger partial charge in [0, 0.05) is 11.6 Å². The van der Waals surface area contributed by atoms with E-state index in [9.17, 15) is 10.1 Å². The monoisotopic (exact) mass is 524 g/mol. The number of benzene rings is 3. The van der Waals surface area contributed by atoms with Gasteiger partial charge in [-0.2, -0.15) is 5.26 Å². The zero-order valence-electron chi connectivity index (χ0n) is 19.5. The van der Waals surface area contributed by atoms with E-state index in [1.54, 1.807) is 25.3 Å². The van der Waals surface area contributed by atoms with Gasteiger partial charge >= 0.3 is 5.97 Å². The van der Waals surface area contributed by atoms with Gasteiger partial charge in [-0.15, -0.1) is 0 Å². The first-order chi connectivity index (χ1) is 17.4. The van der Waals surface area contributed by atoms with Crippen LogP contribution in [-0.2, 0) is 0 Å². The summed E-state index contributed by atoms with van der Waals surface area (Å²) >= 11 is 12.5. The van der Waals surface area contributed by atoms with E-state index >= 15 is 0 Å². The van der Waals surface area contributed by atoms with Gasteiger partial charge in [-0.3, -0.25) is 0 Å². The highest BCUT2D eigenvalue weighted by Crippen LogP contribution is 2.44. The van der Waals surface area contributed by atoms with Gasteiger partial charge in [0.05, 0.1) is 35.2 Å². The van der Waals surface area contributed by atoms with Gasteiger partial charge in [0.15, 0.2) is 5.75 Å². The van der Waals surface area contributed by atoms with E-state index in [2.05, 4.69) is 6.07 Å². The van der Waals surface area contributed by atoms with E-state index in [4.69, 9.17) is 47.9 Å². The van der Waals surface area contributed by atoms with Crippen molar-refractivity contribution in [2.24, 2.45) is 5.73 Å². The van der Waals surface area contributed by atoms with Gasteiger partial charge in [0.1, 0.15) is 28.9 Å². The molecule has 0 spiro atoms. The van der Waals surface area contributed by atoms with Gasteiger partial charge in [0.25, 0.3) is 0 Å². The Kier molecular flexibility index (Phi) is 7.58. The number of methoxy groups -OCH3 is 1. The maximum absolute atomic E-state index is 12.8. The highest BCUT2D eigenvalue weighted by Gasteiger charge is 2.31. The highest BCUT2D eigenvalue weighted by atomic mass is 35.5. The van der Waals surface area contributed by atoms with Crippen LogP contribution in [0.3, 0.4) is 0 Å². The van der Waals surface area contributed by atoms with Crippen LogP contribution < -0.4 is 24.7 Å². The normalized spacial score (nSPS) is 14.4. The Morgan fingerprint density at radius 1 is 1.11 bits per heavy atom. The Labute approximate surface area is 218 Å². The third kappa shape index (κ3) is 5.06. The van der Waals surface area contributed by atoms with Gasteiger partial charge in [-0.25, -0.2) is 4.79 Å². The maximum Gasteiger partial charge on any atom is 0.343 e. The zero-order chi connectivity index (χ0) is 25.8. The molecule has 0 aromatic heterocycles. The van der Waals surface area contributed by atoms with E-state index < -0.39 is 11.9 Å². The number of hydrogen-bond acceptors (Lipinski definition) is 7. The van der Waals surface area contributed by atoms with Gasteiger partial charge < -0.3 is 24.7 Å². The minimum atomic E-state index is -0.665. The second-order valence-corrected chi connectivity index (χ2v) is 8.72. The fourth-order valence-corrected chi connectivity index (χ4v) is 4.45. The molecule has 1 heterocycles. The second kappa shape index (κ2) is 10.8. The maximum atomic E-state index is 12.8. The van der Waals surface area contributed by atoms with Crippen molar-refractivity contribution >= 4 is 29.2 Å². The number of nitrogens with zero attached hydrogens (tertiary/aromatic N) is 1. The number of fused-ring (bicyclic) bond motifs is 1. The summed E-state index contributed by atoms with van der Waals surface area (Å²) in [4.78, 5) is 12.8. The number of nitrogens with two attached hydrogens (primary N) is 1. The van der Waals surface area contributed by atoms with E-state index in [0.717, 1.165) is 12.0 Å². The fourth-order valence-electron chi connectivity index (χ4n) is 3.85. The molecule has 2 N–H and O–H groups in total. The molecule has 9 heteroatoms. The Hall–Kier alpha value is -3.86. The summed E-state index contributed by atoms with van der Waals surface area (Å²) in [5.41, 5.74) is 8.01. The number of halogens is 2. The van der Waals surface area contributed by atoms with Crippen LogP contribution in [-0.4, -0.2) is 19.7 Å². The molecule has 0 saturated carbocycles. The van der Waals surface area contributed by atoms with E-state index in [1.807, 2.05) is 31.2 Å². The molecule has 0 aliphatic carbocycles. The Bertz CT molecular complexity index is 1370. The molecule has 184 valence electrons. The smallest absolute Gasteiger partial charge is 0.343 e. The number of ether oxygens (including phenoxy) is 4. The molecule has 1 unspecified atom stereocenters. The molecular weight excluding hydrogens is 503 g/mol. The van der Waals surface area contributed by atoms with Crippen molar-refractivity contribution in [3.8, 4) is 29.1 Å². The Morgan fingerprint density at radius 3 is 2.53 bits per heavy atom. The molecule has 0 fully saturated rings. The zero-order valence-corrected chi connectivity index (χ0v) is 21.0. The summed E-state index contributed by atoms with van der Waals surface area (Å²) in [6, 6.07) is 17.3. The molecule has 0 bridgehead atoms. The lowest BCUT2D eigenvalue weighted by atomic mass is 9.83. The molecule has 0 saturated heterocycles. The van der Waals surface area contributed by atoms with Crippen molar-refractivity contribution in [1.29, 1.82) is 5.26 Å². The molecule has 4 rings (SSSR count). The Morgan fingerprint density at radius 2 is 1.86 bits per heavy atom. The van der Waals surface area contributed by atoms with Crippen molar-refractivity contribution in [3.63, 3.8) is 0 Å². The van der Waals surface area contributed by atoms with Crippen LogP contribution in [0.15, 0.2) is 66.1 Å². The van der Waals surface area contributed by atoms with Crippen molar-refractivity contribution in [2.75, 3.05) is 13.7 Å². The van der Waals surface area contributed by atoms with Gasteiger partial charge in [-0.05, 0) is 42.3 Å². The van der Waals surface area contributed by atoms with Crippen molar-refractivity contribution in [3.05, 3.63) is 92.8 Å². The standard InChI is InChI=1S/C27H22Cl2N2O5/c1-3-9-34-25-21(28)11-16(12-22(25)29)27(32)35-18-7-8-19-23(13-18)36-26(31)20(14-30)24(19)15-5-4-6-17(10-15)33-2/h4-8,10-13,24H,3,9,31H2,1-2H3. The molecule has 36 heavy (non-hydrogen) atoms. The van der Waals surface area contributed by atoms with E-state index in [-0.39, 0.29) is 32.8 Å². The largest absolute Gasteiger partial charge is 0.497 e. The number of rotatable bonds is 7. The lowest BCUT2D eigenvalue weighted by molar-refractivity contribution is 0.0734. The number of allylic oxidation sites excluding steroid dienone is 1. The third-order valence-corrected chi connectivity index (χ3v) is 6.07. The summed E-state index contributed by atoms with van der Waals surface area (Å²) in [5.74, 6) is 0.374. The molecule has 7 nitrogen and oxygen atoms in total. The van der Waals surface area contributed by atoms with Crippen LogP contribution >= 0.6 is 23.2 Å². The SMILES string of the molecule is CCCOc1c(Cl)cc(C(=O)Oc2ccc3c(c2)OC(N)=C(C#N)C3c2cccc(OC)c2)cc1Cl. The van der Waals surface area contributed by atoms with E-state index in [0.29, 0.717) is 29.4 Å². The summed E-state index contributed by atoms with van der Waals surface area (Å²) in [6.07, 6.45) is 0.783. The van der Waals surface area contributed by atoms with Crippen LogP contribution in [0.5, 0.6) is 23.0 Å². The molecule has 0 amide bonds. The molecule has 1 aliphatic rings. The van der Waals surface area contributed by atoms with Gasteiger partial charge in [0.2, 0.25) is 5.88 Å². The molecular formula is C27H22Cl2N2O5. The molecule has 3 aromatic carbocycles. The van der Waals surface area contributed by atoms with Crippen LogP contribution in [0, 0.1) is 11.3 Å². The average Bonchev–Trinajstić information content (AvgIpc) is 2.87. The predicted molar refractivity (Wildman–Crippen MR) is 136 cm³/mol. The van der Waals surface area contributed by atoms with Crippen LogP contribution in [0.1, 0.15) is 40.7 Å². The van der Waals surface area contributed by atoms with Crippen LogP contribution in [0.25, 0.3) is 0 Å². The number of carbonyl (C=O) groups is 1. The topological polar surface area (TPSA) is 104 Å². The van der Waals surface area contributed by atoms with E-state index in [1.165, 1.54) is 12.1 Å². The van der Waals surface area contributed by atoms with Crippen molar-refractivity contribution in [2.45, 2.75) is 19.3 Å². The van der Waals surface area contributed by atoms with Crippen LogP contribution in [0.4, 0.5) is 0 Å². The molecule has 1 atom stereocenters. The third-order valence-electron chi connectivity index (χ3n) is 5.51. The molecule has 1 aliphatic heterocycles. The predicted octanol–water partition coefficient (Wildman–Crippen LogP) is 6.23. The Balaban J connectivity index is 1.63. The van der Waals surface area contributed by atoms with Crippen molar-refractivity contribution in [1.82, 2.24) is 0 Å². The first kappa shape index (κ1) is 25.2. The number of hydrogen-bond donors (Lipinski definition) is 1. The first-order valence-corrected chi connectivity index (χ1v) is 11.8. The summed E-state index contributed by atoms with van der Waals surface area (Å²) in [5, 5.41) is 10.2. The number of esters is 1. The second-order valence-electron chi connectivity index (χ2n) is 7.91. The number of nitriles is 1. The highest BCUT2D eigenvalue weighted by molar-refractivity contribution is 6.37. The summed E-state index contributed by atoms with van der Waals surface area (Å²) in [6.45, 7) is 2.40. The molecule has 3 aromatic rings. The summed E-state index contributed by atoms with van der Waals surface area (Å²) < 4.78 is 22.1. The quantitative estimate of drug-likeness (QED) is 0.288. The lowest BCUT2D eigenvalue weighted by Crippen LogP contribution is -2.21. The fraction of sp³-hybridized carbons (Fsp3) is 0.185. The average molecular weight is 525 g/mol. The first-order valence-electron chi connectivity index (χ1n) is 11.1. The summed E-state index contributed by atoms with van der Waals surface area (Å²) in [7, 11) is 1.57. The lowest BCUT2D eigenvalue weighted by Gasteiger charge is -2.27. The van der Waals surface area contributed by atoms with Crippen LogP contribution in [0.2, 0.25) is 10.0 Å². The van der Waals surface area contributed by atoms with Gasteiger partial charge in [-0.1, -0.05) is 48.3 Å². The minimum Gasteiger partial charge on any atom is -0.497 e. The van der Waals surface area contributed by atoms with Crippen molar-refractivity contribution < 1.29 is 23.7 Å². The number of carbonyl (C=O) groups excluding carboxylic acids is 1. The minimum absolute atomic E-state index is 0.0254. The molecule has 0 radical (unpaired) electrons.